The fraction of sp³-hybridized carbons (Fsp3) is 0.160. The number of amides is 1. The molecule has 0 aliphatic carbocycles. The predicted octanol–water partition coefficient (Wildman–Crippen LogP) is 4.73. The molecule has 0 saturated carbocycles. The quantitative estimate of drug-likeness (QED) is 0.490. The molecular weight excluding hydrogens is 363 g/mol. The zero-order valence-corrected chi connectivity index (χ0v) is 16.1. The van der Waals surface area contributed by atoms with Crippen molar-refractivity contribution in [3.05, 3.63) is 108 Å². The van der Waals surface area contributed by atoms with E-state index in [4.69, 9.17) is 0 Å². The van der Waals surface area contributed by atoms with Crippen molar-refractivity contribution >= 4 is 16.8 Å². The number of hydrogen-bond acceptors (Lipinski definition) is 1. The summed E-state index contributed by atoms with van der Waals surface area (Å²) in [4.78, 5) is 12.5. The maximum atomic E-state index is 13.2. The maximum Gasteiger partial charge on any atom is 0.224 e. The van der Waals surface area contributed by atoms with E-state index in [0.29, 0.717) is 19.5 Å². The zero-order valence-electron chi connectivity index (χ0n) is 16.1. The normalized spacial score (nSPS) is 10.9. The first-order valence-corrected chi connectivity index (χ1v) is 9.81. The Balaban J connectivity index is 1.45. The molecule has 0 spiro atoms. The van der Waals surface area contributed by atoms with Crippen LogP contribution in [0.15, 0.2) is 85.1 Å². The average Bonchev–Trinajstić information content (AvgIpc) is 3.08. The predicted molar refractivity (Wildman–Crippen MR) is 114 cm³/mol. The summed E-state index contributed by atoms with van der Waals surface area (Å²) in [5.74, 6) is -0.218. The van der Waals surface area contributed by atoms with E-state index in [-0.39, 0.29) is 11.7 Å². The first kappa shape index (κ1) is 18.9. The minimum Gasteiger partial charge on any atom is -0.355 e. The van der Waals surface area contributed by atoms with Gasteiger partial charge in [0, 0.05) is 30.2 Å². The highest BCUT2D eigenvalue weighted by atomic mass is 19.1. The molecule has 146 valence electrons. The summed E-state index contributed by atoms with van der Waals surface area (Å²) in [6.07, 6.45) is 3.19. The van der Waals surface area contributed by atoms with Crippen molar-refractivity contribution in [1.82, 2.24) is 9.88 Å². The Morgan fingerprint density at radius 3 is 2.38 bits per heavy atom. The van der Waals surface area contributed by atoms with E-state index in [0.717, 1.165) is 28.5 Å². The van der Waals surface area contributed by atoms with E-state index in [9.17, 15) is 9.18 Å². The van der Waals surface area contributed by atoms with Crippen LogP contribution in [0, 0.1) is 5.82 Å². The van der Waals surface area contributed by atoms with Gasteiger partial charge in [-0.3, -0.25) is 4.79 Å². The number of carbonyl (C=O) groups is 1. The Kier molecular flexibility index (Phi) is 5.71. The largest absolute Gasteiger partial charge is 0.355 e. The van der Waals surface area contributed by atoms with Crippen LogP contribution in [0.1, 0.15) is 16.7 Å². The first-order valence-electron chi connectivity index (χ1n) is 9.81. The average molecular weight is 386 g/mol. The van der Waals surface area contributed by atoms with Crippen LogP contribution < -0.4 is 5.32 Å². The van der Waals surface area contributed by atoms with Gasteiger partial charge in [-0.15, -0.1) is 0 Å². The number of nitrogens with zero attached hydrogens (tertiary/aromatic N) is 1. The van der Waals surface area contributed by atoms with Crippen LogP contribution in [0.5, 0.6) is 0 Å². The molecule has 4 aromatic rings. The van der Waals surface area contributed by atoms with Crippen molar-refractivity contribution in [2.45, 2.75) is 19.4 Å². The Bertz CT molecular complexity index is 1100. The molecule has 1 amide bonds. The van der Waals surface area contributed by atoms with Gasteiger partial charge in [0.05, 0.1) is 6.42 Å². The molecule has 1 aromatic heterocycles. The summed E-state index contributed by atoms with van der Waals surface area (Å²) in [6.45, 7) is 1.26. The van der Waals surface area contributed by atoms with Gasteiger partial charge in [0.15, 0.2) is 0 Å². The van der Waals surface area contributed by atoms with Crippen LogP contribution in [-0.2, 0) is 24.2 Å². The van der Waals surface area contributed by atoms with Crippen LogP contribution in [0.4, 0.5) is 4.39 Å². The van der Waals surface area contributed by atoms with Gasteiger partial charge < -0.3 is 9.88 Å². The monoisotopic (exact) mass is 386 g/mol. The summed E-state index contributed by atoms with van der Waals surface area (Å²) in [7, 11) is 0. The van der Waals surface area contributed by atoms with E-state index < -0.39 is 0 Å². The van der Waals surface area contributed by atoms with E-state index in [1.807, 2.05) is 42.6 Å². The lowest BCUT2D eigenvalue weighted by molar-refractivity contribution is -0.120. The van der Waals surface area contributed by atoms with Gasteiger partial charge in [-0.05, 0) is 41.3 Å². The molecule has 0 atom stereocenters. The molecule has 1 N–H and O–H groups in total. The molecule has 0 saturated heterocycles. The van der Waals surface area contributed by atoms with Gasteiger partial charge in [-0.25, -0.2) is 4.39 Å². The third kappa shape index (κ3) is 4.72. The highest BCUT2D eigenvalue weighted by molar-refractivity contribution is 5.89. The molecule has 0 aliphatic rings. The Morgan fingerprint density at radius 1 is 0.862 bits per heavy atom. The Labute approximate surface area is 169 Å². The number of aromatic nitrogens is 1. The van der Waals surface area contributed by atoms with Gasteiger partial charge in [-0.1, -0.05) is 60.7 Å². The number of nitrogens with one attached hydrogen (secondary N) is 1. The second-order valence-corrected chi connectivity index (χ2v) is 7.19. The fourth-order valence-corrected chi connectivity index (χ4v) is 3.61. The smallest absolute Gasteiger partial charge is 0.224 e. The van der Waals surface area contributed by atoms with Crippen molar-refractivity contribution in [2.75, 3.05) is 6.54 Å². The maximum absolute atomic E-state index is 13.2. The summed E-state index contributed by atoms with van der Waals surface area (Å²) in [6, 6.07) is 24.7. The molecule has 0 radical (unpaired) electrons. The van der Waals surface area contributed by atoms with Crippen molar-refractivity contribution in [1.29, 1.82) is 0 Å². The van der Waals surface area contributed by atoms with E-state index in [1.54, 1.807) is 12.1 Å². The molecule has 3 nitrogen and oxygen atoms in total. The number of hydrogen-bond donors (Lipinski definition) is 1. The number of rotatable bonds is 7. The molecular formula is C25H23FN2O. The third-order valence-corrected chi connectivity index (χ3v) is 5.07. The van der Waals surface area contributed by atoms with E-state index >= 15 is 0 Å². The molecule has 0 bridgehead atoms. The molecule has 0 fully saturated rings. The second-order valence-electron chi connectivity index (χ2n) is 7.19. The van der Waals surface area contributed by atoms with Gasteiger partial charge in [0.25, 0.3) is 0 Å². The fourth-order valence-electron chi connectivity index (χ4n) is 3.61. The number of halogens is 1. The van der Waals surface area contributed by atoms with E-state index in [2.05, 4.69) is 28.1 Å². The van der Waals surface area contributed by atoms with Gasteiger partial charge in [0.2, 0.25) is 5.91 Å². The molecule has 0 unspecified atom stereocenters. The zero-order chi connectivity index (χ0) is 20.1. The lowest BCUT2D eigenvalue weighted by Gasteiger charge is -2.05. The molecule has 4 rings (SSSR count). The number of carbonyl (C=O) groups excluding carboxylic acids is 1. The summed E-state index contributed by atoms with van der Waals surface area (Å²) in [5, 5.41) is 4.10. The summed E-state index contributed by atoms with van der Waals surface area (Å²) < 4.78 is 15.3. The molecule has 29 heavy (non-hydrogen) atoms. The molecule has 3 aromatic carbocycles. The van der Waals surface area contributed by atoms with Gasteiger partial charge >= 0.3 is 0 Å². The van der Waals surface area contributed by atoms with Crippen molar-refractivity contribution in [2.24, 2.45) is 0 Å². The molecule has 1 heterocycles. The lowest BCUT2D eigenvalue weighted by atomic mass is 10.1. The van der Waals surface area contributed by atoms with E-state index in [1.165, 1.54) is 17.7 Å². The highest BCUT2D eigenvalue weighted by Crippen LogP contribution is 2.23. The number of benzene rings is 3. The van der Waals surface area contributed by atoms with Crippen LogP contribution in [0.2, 0.25) is 0 Å². The van der Waals surface area contributed by atoms with Crippen molar-refractivity contribution < 1.29 is 9.18 Å². The Morgan fingerprint density at radius 2 is 1.59 bits per heavy atom. The van der Waals surface area contributed by atoms with Crippen LogP contribution in [-0.4, -0.2) is 17.0 Å². The molecule has 4 heteroatoms. The minimum absolute atomic E-state index is 0.0191. The topological polar surface area (TPSA) is 34.0 Å². The standard InChI is InChI=1S/C25H23FN2O/c26-22-12-10-20(11-13-22)17-28-18-21(23-8-4-5-9-24(23)28)16-25(29)27-15-14-19-6-2-1-3-7-19/h1-13,18H,14-17H2,(H,27,29). The van der Waals surface area contributed by atoms with Gasteiger partial charge in [0.1, 0.15) is 5.82 Å². The number of para-hydroxylation sites is 1. The van der Waals surface area contributed by atoms with Crippen molar-refractivity contribution in [3.8, 4) is 0 Å². The van der Waals surface area contributed by atoms with Crippen LogP contribution >= 0.6 is 0 Å². The third-order valence-electron chi connectivity index (χ3n) is 5.07. The highest BCUT2D eigenvalue weighted by Gasteiger charge is 2.12. The first-order chi connectivity index (χ1) is 14.2. The minimum atomic E-state index is -0.237. The van der Waals surface area contributed by atoms with Crippen molar-refractivity contribution in [3.63, 3.8) is 0 Å². The lowest BCUT2D eigenvalue weighted by Crippen LogP contribution is -2.27. The van der Waals surface area contributed by atoms with Crippen LogP contribution in [0.25, 0.3) is 10.9 Å². The van der Waals surface area contributed by atoms with Crippen LogP contribution in [0.3, 0.4) is 0 Å². The Hall–Kier alpha value is -3.40. The summed E-state index contributed by atoms with van der Waals surface area (Å²) in [5.41, 5.74) is 4.30. The second kappa shape index (κ2) is 8.74. The summed E-state index contributed by atoms with van der Waals surface area (Å²) >= 11 is 0. The number of fused-ring (bicyclic) bond motifs is 1. The molecule has 0 aliphatic heterocycles. The van der Waals surface area contributed by atoms with Gasteiger partial charge in [-0.2, -0.15) is 0 Å². The SMILES string of the molecule is O=C(Cc1cn(Cc2ccc(F)cc2)c2ccccc12)NCCc1ccccc1.